The molecular formula is C13H20N2O. The third-order valence-electron chi connectivity index (χ3n) is 3.02. The van der Waals surface area contributed by atoms with Crippen LogP contribution in [0.5, 0.6) is 5.75 Å². The second kappa shape index (κ2) is 5.30. The maximum atomic E-state index is 5.38. The van der Waals surface area contributed by atoms with Gasteiger partial charge in [0.25, 0.3) is 0 Å². The lowest BCUT2D eigenvalue weighted by atomic mass is 10.1. The van der Waals surface area contributed by atoms with Crippen molar-refractivity contribution >= 4 is 0 Å². The summed E-state index contributed by atoms with van der Waals surface area (Å²) < 4.78 is 5.38. The van der Waals surface area contributed by atoms with Crippen LogP contribution in [0.4, 0.5) is 0 Å². The van der Waals surface area contributed by atoms with Crippen LogP contribution in [-0.4, -0.2) is 18.6 Å². The number of nitrogens with one attached hydrogen (secondary N) is 1. The molecule has 0 aliphatic heterocycles. The third-order valence-corrected chi connectivity index (χ3v) is 3.02. The van der Waals surface area contributed by atoms with Crippen molar-refractivity contribution in [2.75, 3.05) is 13.7 Å². The van der Waals surface area contributed by atoms with Crippen LogP contribution in [0.2, 0.25) is 0 Å². The Morgan fingerprint density at radius 2 is 2.38 bits per heavy atom. The van der Waals surface area contributed by atoms with Gasteiger partial charge in [-0.3, -0.25) is 4.98 Å². The molecule has 1 aliphatic carbocycles. The topological polar surface area (TPSA) is 34.2 Å². The lowest BCUT2D eigenvalue weighted by molar-refractivity contribution is 0.384. The second-order valence-corrected chi connectivity index (χ2v) is 4.36. The van der Waals surface area contributed by atoms with Crippen molar-refractivity contribution in [2.24, 2.45) is 5.92 Å². The van der Waals surface area contributed by atoms with E-state index in [-0.39, 0.29) is 0 Å². The van der Waals surface area contributed by atoms with Crippen molar-refractivity contribution in [3.8, 4) is 5.75 Å². The van der Waals surface area contributed by atoms with Crippen molar-refractivity contribution in [1.29, 1.82) is 0 Å². The van der Waals surface area contributed by atoms with E-state index in [1.807, 2.05) is 18.3 Å². The van der Waals surface area contributed by atoms with Gasteiger partial charge in [0, 0.05) is 6.20 Å². The SMILES string of the molecule is CCCNC(c1ncccc1OC)C1CC1. The number of hydrogen-bond acceptors (Lipinski definition) is 3. The van der Waals surface area contributed by atoms with Gasteiger partial charge in [-0.2, -0.15) is 0 Å². The van der Waals surface area contributed by atoms with E-state index in [0.29, 0.717) is 6.04 Å². The highest BCUT2D eigenvalue weighted by molar-refractivity contribution is 5.30. The molecule has 0 saturated heterocycles. The molecule has 0 radical (unpaired) electrons. The zero-order valence-corrected chi connectivity index (χ0v) is 10.1. The first kappa shape index (κ1) is 11.4. The fraction of sp³-hybridized carbons (Fsp3) is 0.615. The van der Waals surface area contributed by atoms with Gasteiger partial charge in [-0.15, -0.1) is 0 Å². The predicted molar refractivity (Wildman–Crippen MR) is 64.5 cm³/mol. The minimum absolute atomic E-state index is 0.371. The lowest BCUT2D eigenvalue weighted by Gasteiger charge is -2.19. The van der Waals surface area contributed by atoms with E-state index in [0.717, 1.165) is 30.3 Å². The van der Waals surface area contributed by atoms with Crippen LogP contribution in [0, 0.1) is 5.92 Å². The van der Waals surface area contributed by atoms with Gasteiger partial charge in [-0.1, -0.05) is 6.92 Å². The van der Waals surface area contributed by atoms with Gasteiger partial charge in [0.2, 0.25) is 0 Å². The number of hydrogen-bond donors (Lipinski definition) is 1. The van der Waals surface area contributed by atoms with E-state index >= 15 is 0 Å². The van der Waals surface area contributed by atoms with Gasteiger partial charge in [0.15, 0.2) is 0 Å². The molecule has 0 amide bonds. The molecular weight excluding hydrogens is 200 g/mol. The molecule has 1 unspecified atom stereocenters. The van der Waals surface area contributed by atoms with E-state index in [4.69, 9.17) is 4.74 Å². The molecule has 0 aromatic carbocycles. The zero-order valence-electron chi connectivity index (χ0n) is 10.1. The minimum atomic E-state index is 0.371. The fourth-order valence-electron chi connectivity index (χ4n) is 2.02. The molecule has 0 spiro atoms. The summed E-state index contributed by atoms with van der Waals surface area (Å²) in [5.74, 6) is 1.65. The number of methoxy groups -OCH3 is 1. The number of ether oxygens (including phenoxy) is 1. The Morgan fingerprint density at radius 1 is 1.56 bits per heavy atom. The first-order valence-corrected chi connectivity index (χ1v) is 6.09. The van der Waals surface area contributed by atoms with Crippen molar-refractivity contribution in [1.82, 2.24) is 10.3 Å². The van der Waals surface area contributed by atoms with E-state index in [9.17, 15) is 0 Å². The smallest absolute Gasteiger partial charge is 0.141 e. The van der Waals surface area contributed by atoms with E-state index < -0.39 is 0 Å². The summed E-state index contributed by atoms with van der Waals surface area (Å²) in [5, 5.41) is 3.58. The molecule has 1 aromatic rings. The van der Waals surface area contributed by atoms with Crippen LogP contribution in [-0.2, 0) is 0 Å². The first-order chi connectivity index (χ1) is 7.86. The number of nitrogens with zero attached hydrogens (tertiary/aromatic N) is 1. The summed E-state index contributed by atoms with van der Waals surface area (Å²) >= 11 is 0. The lowest BCUT2D eigenvalue weighted by Crippen LogP contribution is -2.25. The van der Waals surface area contributed by atoms with Crippen molar-refractivity contribution < 1.29 is 4.74 Å². The number of pyridine rings is 1. The Kier molecular flexibility index (Phi) is 3.78. The Morgan fingerprint density at radius 3 is 3.00 bits per heavy atom. The largest absolute Gasteiger partial charge is 0.495 e. The summed E-state index contributed by atoms with van der Waals surface area (Å²) in [5.41, 5.74) is 1.07. The first-order valence-electron chi connectivity index (χ1n) is 6.09. The molecule has 1 fully saturated rings. The highest BCUT2D eigenvalue weighted by Crippen LogP contribution is 2.42. The summed E-state index contributed by atoms with van der Waals surface area (Å²) in [7, 11) is 1.71. The van der Waals surface area contributed by atoms with Crippen LogP contribution >= 0.6 is 0 Å². The molecule has 88 valence electrons. The maximum absolute atomic E-state index is 5.38. The predicted octanol–water partition coefficient (Wildman–Crippen LogP) is 2.54. The molecule has 3 heteroatoms. The van der Waals surface area contributed by atoms with Crippen LogP contribution in [0.15, 0.2) is 18.3 Å². The van der Waals surface area contributed by atoms with Gasteiger partial charge >= 0.3 is 0 Å². The molecule has 1 saturated carbocycles. The molecule has 3 nitrogen and oxygen atoms in total. The quantitative estimate of drug-likeness (QED) is 0.800. The van der Waals surface area contributed by atoms with Crippen LogP contribution in [0.3, 0.4) is 0 Å². The summed E-state index contributed by atoms with van der Waals surface area (Å²) in [6.45, 7) is 3.23. The van der Waals surface area contributed by atoms with Gasteiger partial charge in [-0.25, -0.2) is 0 Å². The van der Waals surface area contributed by atoms with Gasteiger partial charge < -0.3 is 10.1 Å². The van der Waals surface area contributed by atoms with Crippen LogP contribution < -0.4 is 10.1 Å². The molecule has 2 rings (SSSR count). The molecule has 1 atom stereocenters. The Labute approximate surface area is 97.2 Å². The third kappa shape index (κ3) is 2.53. The average molecular weight is 220 g/mol. The standard InChI is InChI=1S/C13H20N2O/c1-3-8-14-12(10-6-7-10)13-11(16-2)5-4-9-15-13/h4-5,9-10,12,14H,3,6-8H2,1-2H3. The molecule has 1 aliphatic rings. The number of rotatable bonds is 6. The molecule has 1 heterocycles. The maximum Gasteiger partial charge on any atom is 0.141 e. The van der Waals surface area contributed by atoms with Crippen LogP contribution in [0.1, 0.15) is 37.9 Å². The molecule has 1 N–H and O–H groups in total. The fourth-order valence-corrected chi connectivity index (χ4v) is 2.02. The van der Waals surface area contributed by atoms with Crippen molar-refractivity contribution in [3.63, 3.8) is 0 Å². The minimum Gasteiger partial charge on any atom is -0.495 e. The Balaban J connectivity index is 2.16. The zero-order chi connectivity index (χ0) is 11.4. The highest BCUT2D eigenvalue weighted by atomic mass is 16.5. The van der Waals surface area contributed by atoms with E-state index in [1.54, 1.807) is 7.11 Å². The second-order valence-electron chi connectivity index (χ2n) is 4.36. The van der Waals surface area contributed by atoms with E-state index in [2.05, 4.69) is 17.2 Å². The van der Waals surface area contributed by atoms with Crippen molar-refractivity contribution in [3.05, 3.63) is 24.0 Å². The van der Waals surface area contributed by atoms with Gasteiger partial charge in [0.05, 0.1) is 18.8 Å². The normalized spacial score (nSPS) is 17.1. The van der Waals surface area contributed by atoms with Crippen molar-refractivity contribution in [2.45, 2.75) is 32.2 Å². The van der Waals surface area contributed by atoms with Gasteiger partial charge in [-0.05, 0) is 43.9 Å². The summed E-state index contributed by atoms with van der Waals surface area (Å²) in [6.07, 6.45) is 5.61. The summed E-state index contributed by atoms with van der Waals surface area (Å²) in [6, 6.07) is 4.29. The van der Waals surface area contributed by atoms with E-state index in [1.165, 1.54) is 12.8 Å². The highest BCUT2D eigenvalue weighted by Gasteiger charge is 2.34. The number of aromatic nitrogens is 1. The molecule has 16 heavy (non-hydrogen) atoms. The van der Waals surface area contributed by atoms with Gasteiger partial charge in [0.1, 0.15) is 5.75 Å². The molecule has 0 bridgehead atoms. The monoisotopic (exact) mass is 220 g/mol. The molecule has 1 aromatic heterocycles. The Bertz CT molecular complexity index is 336. The average Bonchev–Trinajstić information content (AvgIpc) is 3.14. The summed E-state index contributed by atoms with van der Waals surface area (Å²) in [4.78, 5) is 4.48. The Hall–Kier alpha value is -1.09. The van der Waals surface area contributed by atoms with Crippen LogP contribution in [0.25, 0.3) is 0 Å².